The minimum Gasteiger partial charge on any atom is -0.379 e. The normalized spacial score (nSPS) is 23.7. The Hall–Kier alpha value is -0.980. The summed E-state index contributed by atoms with van der Waals surface area (Å²) < 4.78 is 11.1. The molecule has 2 heterocycles. The van der Waals surface area contributed by atoms with Gasteiger partial charge in [-0.15, -0.1) is 0 Å². The molecule has 22 heavy (non-hydrogen) atoms. The molecule has 2 aliphatic rings. The van der Waals surface area contributed by atoms with Gasteiger partial charge in [0.25, 0.3) is 0 Å². The third-order valence-corrected chi connectivity index (χ3v) is 5.19. The molecule has 1 aromatic rings. The van der Waals surface area contributed by atoms with Gasteiger partial charge in [0.15, 0.2) is 5.82 Å². The van der Waals surface area contributed by atoms with Crippen molar-refractivity contribution in [2.24, 2.45) is 0 Å². The molecule has 1 atom stereocenters. The number of morpholine rings is 1. The lowest BCUT2D eigenvalue weighted by atomic mass is 9.90. The highest BCUT2D eigenvalue weighted by Gasteiger charge is 2.41. The molecule has 0 radical (unpaired) electrons. The van der Waals surface area contributed by atoms with E-state index in [4.69, 9.17) is 9.26 Å². The third kappa shape index (κ3) is 3.50. The monoisotopic (exact) mass is 308 g/mol. The fourth-order valence-electron chi connectivity index (χ4n) is 3.78. The average Bonchev–Trinajstić information content (AvgIpc) is 3.19. The van der Waals surface area contributed by atoms with Gasteiger partial charge >= 0.3 is 0 Å². The Morgan fingerprint density at radius 3 is 2.68 bits per heavy atom. The lowest BCUT2D eigenvalue weighted by Crippen LogP contribution is -2.53. The second-order valence-electron chi connectivity index (χ2n) is 6.71. The molecule has 0 aromatic carbocycles. The lowest BCUT2D eigenvalue weighted by molar-refractivity contribution is -0.0232. The Bertz CT molecular complexity index is 464. The lowest BCUT2D eigenvalue weighted by Gasteiger charge is -2.42. The Kier molecular flexibility index (Phi) is 5.10. The van der Waals surface area contributed by atoms with Crippen LogP contribution in [0.1, 0.15) is 44.3 Å². The van der Waals surface area contributed by atoms with E-state index >= 15 is 0 Å². The molecular weight excluding hydrogens is 280 g/mol. The van der Waals surface area contributed by atoms with E-state index in [-0.39, 0.29) is 5.54 Å². The number of hydrogen-bond donors (Lipinski definition) is 1. The third-order valence-electron chi connectivity index (χ3n) is 5.19. The molecule has 3 rings (SSSR count). The van der Waals surface area contributed by atoms with Crippen LogP contribution in [0.5, 0.6) is 0 Å². The summed E-state index contributed by atoms with van der Waals surface area (Å²) in [5, 5.41) is 7.36. The van der Waals surface area contributed by atoms with E-state index in [9.17, 15) is 0 Å². The van der Waals surface area contributed by atoms with Gasteiger partial charge in [-0.1, -0.05) is 18.0 Å². The van der Waals surface area contributed by atoms with Crippen LogP contribution in [0.3, 0.4) is 0 Å². The van der Waals surface area contributed by atoms with E-state index < -0.39 is 0 Å². The van der Waals surface area contributed by atoms with E-state index in [0.29, 0.717) is 6.04 Å². The minimum atomic E-state index is 0.211. The highest BCUT2D eigenvalue weighted by atomic mass is 16.5. The maximum atomic E-state index is 5.54. The summed E-state index contributed by atoms with van der Waals surface area (Å²) in [7, 11) is 1.96. The molecular formula is C16H28N4O2. The van der Waals surface area contributed by atoms with Crippen LogP contribution >= 0.6 is 0 Å². The summed E-state index contributed by atoms with van der Waals surface area (Å²) in [6.07, 6.45) is 6.76. The van der Waals surface area contributed by atoms with Gasteiger partial charge < -0.3 is 14.6 Å². The SMILES string of the molecule is CNC(C)Cc1noc(CC2(N3CCOCC3)CCCC2)n1. The van der Waals surface area contributed by atoms with Gasteiger partial charge in [0.1, 0.15) is 0 Å². The second kappa shape index (κ2) is 7.06. The Morgan fingerprint density at radius 1 is 1.27 bits per heavy atom. The molecule has 6 nitrogen and oxygen atoms in total. The summed E-state index contributed by atoms with van der Waals surface area (Å²) in [6, 6.07) is 0.366. The predicted octanol–water partition coefficient (Wildman–Crippen LogP) is 1.41. The predicted molar refractivity (Wildman–Crippen MR) is 83.8 cm³/mol. The van der Waals surface area contributed by atoms with Crippen LogP contribution in [0.15, 0.2) is 4.52 Å². The first-order valence-corrected chi connectivity index (χ1v) is 8.53. The molecule has 1 saturated carbocycles. The van der Waals surface area contributed by atoms with Crippen LogP contribution in [0.25, 0.3) is 0 Å². The van der Waals surface area contributed by atoms with Crippen molar-refractivity contribution < 1.29 is 9.26 Å². The highest BCUT2D eigenvalue weighted by Crippen LogP contribution is 2.38. The zero-order valence-electron chi connectivity index (χ0n) is 13.8. The molecule has 1 aromatic heterocycles. The largest absolute Gasteiger partial charge is 0.379 e. The van der Waals surface area contributed by atoms with E-state index in [1.54, 1.807) is 0 Å². The van der Waals surface area contributed by atoms with Gasteiger partial charge in [-0.3, -0.25) is 4.90 Å². The molecule has 0 amide bonds. The smallest absolute Gasteiger partial charge is 0.228 e. The zero-order chi connectivity index (χ0) is 15.4. The maximum Gasteiger partial charge on any atom is 0.228 e. The number of ether oxygens (including phenoxy) is 1. The fraction of sp³-hybridized carbons (Fsp3) is 0.875. The van der Waals surface area contributed by atoms with Crippen molar-refractivity contribution in [2.45, 2.75) is 57.0 Å². The highest BCUT2D eigenvalue weighted by molar-refractivity contribution is 5.03. The quantitative estimate of drug-likeness (QED) is 0.857. The summed E-state index contributed by atoms with van der Waals surface area (Å²) in [4.78, 5) is 7.23. The van der Waals surface area contributed by atoms with Crippen molar-refractivity contribution in [2.75, 3.05) is 33.4 Å². The van der Waals surface area contributed by atoms with Crippen LogP contribution < -0.4 is 5.32 Å². The molecule has 124 valence electrons. The van der Waals surface area contributed by atoms with Crippen molar-refractivity contribution in [1.82, 2.24) is 20.4 Å². The van der Waals surface area contributed by atoms with Crippen molar-refractivity contribution >= 4 is 0 Å². The number of likely N-dealkylation sites (N-methyl/N-ethyl adjacent to an activating group) is 1. The van der Waals surface area contributed by atoms with E-state index in [1.807, 2.05) is 7.05 Å². The number of hydrogen-bond acceptors (Lipinski definition) is 6. The van der Waals surface area contributed by atoms with Gasteiger partial charge in [0.2, 0.25) is 5.89 Å². The Labute approximate surface area is 132 Å². The van der Waals surface area contributed by atoms with Gasteiger partial charge in [-0.2, -0.15) is 4.98 Å². The zero-order valence-corrected chi connectivity index (χ0v) is 13.8. The van der Waals surface area contributed by atoms with Crippen molar-refractivity contribution in [1.29, 1.82) is 0 Å². The number of rotatable bonds is 6. The molecule has 1 saturated heterocycles. The Morgan fingerprint density at radius 2 is 2.00 bits per heavy atom. The summed E-state index contributed by atoms with van der Waals surface area (Å²) in [6.45, 7) is 5.87. The first-order chi connectivity index (χ1) is 10.7. The van der Waals surface area contributed by atoms with Crippen molar-refractivity contribution in [3.8, 4) is 0 Å². The van der Waals surface area contributed by atoms with Gasteiger partial charge in [0, 0.05) is 37.5 Å². The topological polar surface area (TPSA) is 63.4 Å². The standard InChI is InChI=1S/C16H28N4O2/c1-13(17-2)11-14-18-15(22-19-14)12-16(5-3-4-6-16)20-7-9-21-10-8-20/h13,17H,3-12H2,1-2H3. The van der Waals surface area contributed by atoms with E-state index in [2.05, 4.69) is 27.3 Å². The second-order valence-corrected chi connectivity index (χ2v) is 6.71. The maximum absolute atomic E-state index is 5.54. The van der Waals surface area contributed by atoms with Gasteiger partial charge in [0.05, 0.1) is 13.2 Å². The molecule has 1 aliphatic carbocycles. The number of nitrogens with zero attached hydrogens (tertiary/aromatic N) is 3. The van der Waals surface area contributed by atoms with Crippen LogP contribution in [-0.4, -0.2) is 60.0 Å². The first-order valence-electron chi connectivity index (χ1n) is 8.53. The molecule has 0 spiro atoms. The minimum absolute atomic E-state index is 0.211. The molecule has 1 aliphatic heterocycles. The van der Waals surface area contributed by atoms with Crippen LogP contribution in [0.2, 0.25) is 0 Å². The summed E-state index contributed by atoms with van der Waals surface area (Å²) in [5.41, 5.74) is 0.211. The van der Waals surface area contributed by atoms with E-state index in [0.717, 1.165) is 50.9 Å². The summed E-state index contributed by atoms with van der Waals surface area (Å²) in [5.74, 6) is 1.61. The van der Waals surface area contributed by atoms with Crippen LogP contribution in [0, 0.1) is 0 Å². The fourth-order valence-corrected chi connectivity index (χ4v) is 3.78. The molecule has 2 fully saturated rings. The van der Waals surface area contributed by atoms with Crippen LogP contribution in [-0.2, 0) is 17.6 Å². The molecule has 1 unspecified atom stereocenters. The number of nitrogens with one attached hydrogen (secondary N) is 1. The van der Waals surface area contributed by atoms with Crippen LogP contribution in [0.4, 0.5) is 0 Å². The Balaban J connectivity index is 1.68. The number of aromatic nitrogens is 2. The molecule has 6 heteroatoms. The first kappa shape index (κ1) is 15.9. The summed E-state index contributed by atoms with van der Waals surface area (Å²) >= 11 is 0. The molecule has 0 bridgehead atoms. The van der Waals surface area contributed by atoms with Gasteiger partial charge in [-0.05, 0) is 26.8 Å². The van der Waals surface area contributed by atoms with Gasteiger partial charge in [-0.25, -0.2) is 0 Å². The van der Waals surface area contributed by atoms with Crippen molar-refractivity contribution in [3.63, 3.8) is 0 Å². The van der Waals surface area contributed by atoms with Crippen molar-refractivity contribution in [3.05, 3.63) is 11.7 Å². The van der Waals surface area contributed by atoms with E-state index in [1.165, 1.54) is 25.7 Å². The molecule has 1 N–H and O–H groups in total. The average molecular weight is 308 g/mol.